The molecule has 0 saturated carbocycles. The zero-order valence-corrected chi connectivity index (χ0v) is 10.4. The van der Waals surface area contributed by atoms with Crippen molar-refractivity contribution in [2.24, 2.45) is 0 Å². The number of aromatic nitrogens is 4. The molecule has 18 heavy (non-hydrogen) atoms. The molecule has 0 bridgehead atoms. The predicted octanol–water partition coefficient (Wildman–Crippen LogP) is 0.826. The summed E-state index contributed by atoms with van der Waals surface area (Å²) in [6.07, 6.45) is 1.59. The summed E-state index contributed by atoms with van der Waals surface area (Å²) in [5, 5.41) is 9.07. The molecule has 2 aromatic rings. The fourth-order valence-electron chi connectivity index (χ4n) is 1.36. The summed E-state index contributed by atoms with van der Waals surface area (Å²) in [4.78, 5) is 21.8. The molecule has 7 heteroatoms. The first-order chi connectivity index (χ1) is 8.56. The number of amides is 1. The molecule has 0 spiro atoms. The van der Waals surface area contributed by atoms with Crippen LogP contribution >= 0.6 is 0 Å². The van der Waals surface area contributed by atoms with Crippen LogP contribution in [0.5, 0.6) is 0 Å². The van der Waals surface area contributed by atoms with Crippen molar-refractivity contribution in [1.29, 1.82) is 0 Å². The lowest BCUT2D eigenvalue weighted by atomic mass is 10.4. The summed E-state index contributed by atoms with van der Waals surface area (Å²) in [5.74, 6) is 1.17. The van der Waals surface area contributed by atoms with E-state index in [1.54, 1.807) is 19.2 Å². The highest BCUT2D eigenvalue weighted by Crippen LogP contribution is 2.12. The van der Waals surface area contributed by atoms with Gasteiger partial charge in [0, 0.05) is 14.1 Å². The SMILES string of the molecule is Cc1nc(C(=O)Nc2ccc(N(C)C)nc2)n[nH]1. The van der Waals surface area contributed by atoms with Gasteiger partial charge in [-0.05, 0) is 19.1 Å². The zero-order valence-electron chi connectivity index (χ0n) is 10.4. The Balaban J connectivity index is 2.07. The molecule has 7 nitrogen and oxygen atoms in total. The van der Waals surface area contributed by atoms with Gasteiger partial charge in [-0.3, -0.25) is 9.89 Å². The molecule has 0 aromatic carbocycles. The molecule has 1 amide bonds. The molecular weight excluding hydrogens is 232 g/mol. The molecule has 0 fully saturated rings. The first-order valence-electron chi connectivity index (χ1n) is 5.40. The Hall–Kier alpha value is -2.44. The van der Waals surface area contributed by atoms with Gasteiger partial charge in [0.15, 0.2) is 0 Å². The van der Waals surface area contributed by atoms with Gasteiger partial charge < -0.3 is 10.2 Å². The fraction of sp³-hybridized carbons (Fsp3) is 0.273. The summed E-state index contributed by atoms with van der Waals surface area (Å²) in [5.41, 5.74) is 0.605. The van der Waals surface area contributed by atoms with Crippen molar-refractivity contribution >= 4 is 17.4 Å². The Morgan fingerprint density at radius 3 is 2.67 bits per heavy atom. The van der Waals surface area contributed by atoms with E-state index in [1.165, 1.54) is 0 Å². The van der Waals surface area contributed by atoms with Gasteiger partial charge in [0.2, 0.25) is 5.82 Å². The van der Waals surface area contributed by atoms with E-state index in [0.29, 0.717) is 11.5 Å². The first kappa shape index (κ1) is 12.0. The van der Waals surface area contributed by atoms with E-state index in [9.17, 15) is 4.79 Å². The lowest BCUT2D eigenvalue weighted by Crippen LogP contribution is -2.15. The van der Waals surface area contributed by atoms with Crippen molar-refractivity contribution < 1.29 is 4.79 Å². The molecule has 2 heterocycles. The minimum Gasteiger partial charge on any atom is -0.363 e. The maximum absolute atomic E-state index is 11.8. The number of nitrogens with zero attached hydrogens (tertiary/aromatic N) is 4. The number of rotatable bonds is 3. The number of hydrogen-bond acceptors (Lipinski definition) is 5. The van der Waals surface area contributed by atoms with E-state index >= 15 is 0 Å². The van der Waals surface area contributed by atoms with Crippen molar-refractivity contribution in [3.63, 3.8) is 0 Å². The molecule has 0 radical (unpaired) electrons. The van der Waals surface area contributed by atoms with Crippen LogP contribution in [0.25, 0.3) is 0 Å². The highest BCUT2D eigenvalue weighted by molar-refractivity contribution is 6.01. The van der Waals surface area contributed by atoms with E-state index < -0.39 is 0 Å². The summed E-state index contributed by atoms with van der Waals surface area (Å²) in [6.45, 7) is 1.73. The molecule has 94 valence electrons. The zero-order chi connectivity index (χ0) is 13.1. The Labute approximate surface area is 104 Å². The summed E-state index contributed by atoms with van der Waals surface area (Å²) >= 11 is 0. The number of aryl methyl sites for hydroxylation is 1. The quantitative estimate of drug-likeness (QED) is 0.837. The summed E-state index contributed by atoms with van der Waals surface area (Å²) in [6, 6.07) is 3.60. The van der Waals surface area contributed by atoms with Crippen LogP contribution in [-0.4, -0.2) is 40.2 Å². The minimum absolute atomic E-state index is 0.115. The van der Waals surface area contributed by atoms with Crippen molar-refractivity contribution in [2.75, 3.05) is 24.3 Å². The lowest BCUT2D eigenvalue weighted by Gasteiger charge is -2.11. The van der Waals surface area contributed by atoms with Gasteiger partial charge in [0.1, 0.15) is 11.6 Å². The van der Waals surface area contributed by atoms with Crippen LogP contribution < -0.4 is 10.2 Å². The number of nitrogens with one attached hydrogen (secondary N) is 2. The normalized spacial score (nSPS) is 10.2. The van der Waals surface area contributed by atoms with Gasteiger partial charge in [-0.1, -0.05) is 0 Å². The minimum atomic E-state index is -0.362. The molecule has 2 rings (SSSR count). The van der Waals surface area contributed by atoms with E-state index in [4.69, 9.17) is 0 Å². The molecule has 0 saturated heterocycles. The molecule has 0 unspecified atom stereocenters. The monoisotopic (exact) mass is 246 g/mol. The predicted molar refractivity (Wildman–Crippen MR) is 67.6 cm³/mol. The van der Waals surface area contributed by atoms with E-state index in [1.807, 2.05) is 25.1 Å². The Morgan fingerprint density at radius 1 is 1.39 bits per heavy atom. The maximum atomic E-state index is 11.8. The third kappa shape index (κ3) is 2.62. The molecule has 0 atom stereocenters. The third-order valence-corrected chi connectivity index (χ3v) is 2.26. The van der Waals surface area contributed by atoms with E-state index in [-0.39, 0.29) is 11.7 Å². The van der Waals surface area contributed by atoms with Crippen LogP contribution in [0.2, 0.25) is 0 Å². The van der Waals surface area contributed by atoms with Crippen LogP contribution in [-0.2, 0) is 0 Å². The number of anilines is 2. The van der Waals surface area contributed by atoms with Crippen LogP contribution in [0, 0.1) is 6.92 Å². The maximum Gasteiger partial charge on any atom is 0.295 e. The largest absolute Gasteiger partial charge is 0.363 e. The molecule has 0 aliphatic heterocycles. The average Bonchev–Trinajstić information content (AvgIpc) is 2.76. The van der Waals surface area contributed by atoms with E-state index in [0.717, 1.165) is 5.82 Å². The highest BCUT2D eigenvalue weighted by Gasteiger charge is 2.11. The molecule has 2 aromatic heterocycles. The lowest BCUT2D eigenvalue weighted by molar-refractivity contribution is 0.101. The van der Waals surface area contributed by atoms with Crippen LogP contribution in [0.15, 0.2) is 18.3 Å². The number of H-pyrrole nitrogens is 1. The van der Waals surface area contributed by atoms with Gasteiger partial charge in [-0.15, -0.1) is 5.10 Å². The molecule has 0 aliphatic rings. The molecule has 0 aliphatic carbocycles. The summed E-state index contributed by atoms with van der Waals surface area (Å²) in [7, 11) is 3.80. The second-order valence-electron chi connectivity index (χ2n) is 4.00. The Bertz CT molecular complexity index is 545. The smallest absolute Gasteiger partial charge is 0.295 e. The van der Waals surface area contributed by atoms with Gasteiger partial charge in [0.25, 0.3) is 5.91 Å². The van der Waals surface area contributed by atoms with Gasteiger partial charge in [0.05, 0.1) is 11.9 Å². The number of carbonyl (C=O) groups is 1. The summed E-state index contributed by atoms with van der Waals surface area (Å²) < 4.78 is 0. The topological polar surface area (TPSA) is 86.8 Å². The second-order valence-corrected chi connectivity index (χ2v) is 4.00. The number of hydrogen-bond donors (Lipinski definition) is 2. The fourth-order valence-corrected chi connectivity index (χ4v) is 1.36. The van der Waals surface area contributed by atoms with Crippen molar-refractivity contribution in [2.45, 2.75) is 6.92 Å². The Kier molecular flexibility index (Phi) is 3.22. The van der Waals surface area contributed by atoms with Crippen molar-refractivity contribution in [3.05, 3.63) is 30.0 Å². The first-order valence-corrected chi connectivity index (χ1v) is 5.40. The van der Waals surface area contributed by atoms with Gasteiger partial charge in [-0.25, -0.2) is 9.97 Å². The molecule has 2 N–H and O–H groups in total. The average molecular weight is 246 g/mol. The number of pyridine rings is 1. The van der Waals surface area contributed by atoms with Crippen LogP contribution in [0.1, 0.15) is 16.4 Å². The van der Waals surface area contributed by atoms with Crippen LogP contribution in [0.4, 0.5) is 11.5 Å². The number of aromatic amines is 1. The standard InChI is InChI=1S/C11H14N6O/c1-7-13-10(16-15-7)11(18)14-8-4-5-9(12-6-8)17(2)3/h4-6H,1-3H3,(H,14,18)(H,13,15,16). The highest BCUT2D eigenvalue weighted by atomic mass is 16.2. The third-order valence-electron chi connectivity index (χ3n) is 2.26. The van der Waals surface area contributed by atoms with Gasteiger partial charge >= 0.3 is 0 Å². The van der Waals surface area contributed by atoms with Gasteiger partial charge in [-0.2, -0.15) is 0 Å². The van der Waals surface area contributed by atoms with Crippen molar-refractivity contribution in [3.8, 4) is 0 Å². The Morgan fingerprint density at radius 2 is 2.17 bits per heavy atom. The van der Waals surface area contributed by atoms with Crippen LogP contribution in [0.3, 0.4) is 0 Å². The van der Waals surface area contributed by atoms with E-state index in [2.05, 4.69) is 25.5 Å². The molecular formula is C11H14N6O. The van der Waals surface area contributed by atoms with Crippen molar-refractivity contribution in [1.82, 2.24) is 20.2 Å². The second kappa shape index (κ2) is 4.82. The number of carbonyl (C=O) groups excluding carboxylic acids is 1.